The highest BCUT2D eigenvalue weighted by atomic mass is 127. The Hall–Kier alpha value is -1.19. The van der Waals surface area contributed by atoms with Crippen LogP contribution in [0.15, 0.2) is 29.3 Å². The van der Waals surface area contributed by atoms with Gasteiger partial charge in [-0.05, 0) is 6.07 Å². The molecule has 0 radical (unpaired) electrons. The van der Waals surface area contributed by atoms with Crippen molar-refractivity contribution in [3.8, 4) is 5.75 Å². The number of hydrogen-bond acceptors (Lipinski definition) is 2. The van der Waals surface area contributed by atoms with Gasteiger partial charge in [-0.2, -0.15) is 0 Å². The number of ether oxygens (including phenoxy) is 1. The maximum Gasteiger partial charge on any atom is 0.573 e. The average molecular weight is 417 g/mol. The monoisotopic (exact) mass is 417 g/mol. The molecule has 0 saturated heterocycles. The molecular weight excluding hydrogens is 398 g/mol. The van der Waals surface area contributed by atoms with Gasteiger partial charge in [0, 0.05) is 33.8 Å². The molecule has 0 bridgehead atoms. The standard InChI is InChI=1S/C13H18F3N3O.HI/c1-18(2)12(19(3)4)17-9-10-7-5-6-8-11(10)20-13(14,15)16;/h5-8H,9H2,1-4H3;1H. The summed E-state index contributed by atoms with van der Waals surface area (Å²) in [6, 6.07) is 5.99. The van der Waals surface area contributed by atoms with Crippen molar-refractivity contribution in [2.24, 2.45) is 4.99 Å². The molecule has 0 N–H and O–H groups in total. The molecule has 0 atom stereocenters. The number of halogens is 4. The molecule has 1 aromatic rings. The number of benzene rings is 1. The highest BCUT2D eigenvalue weighted by Gasteiger charge is 2.31. The molecule has 120 valence electrons. The van der Waals surface area contributed by atoms with Gasteiger partial charge in [0.1, 0.15) is 5.75 Å². The van der Waals surface area contributed by atoms with Gasteiger partial charge < -0.3 is 14.5 Å². The summed E-state index contributed by atoms with van der Waals surface area (Å²) in [5.74, 6) is 0.437. The van der Waals surface area contributed by atoms with Crippen LogP contribution in [0, 0.1) is 0 Å². The molecule has 0 saturated carbocycles. The second kappa shape index (κ2) is 8.30. The Bertz CT molecular complexity index is 466. The van der Waals surface area contributed by atoms with Crippen molar-refractivity contribution in [1.82, 2.24) is 9.80 Å². The molecule has 0 aliphatic heterocycles. The van der Waals surface area contributed by atoms with Crippen LogP contribution in [0.25, 0.3) is 0 Å². The van der Waals surface area contributed by atoms with Gasteiger partial charge in [-0.1, -0.05) is 18.2 Å². The van der Waals surface area contributed by atoms with E-state index in [1.54, 1.807) is 21.9 Å². The molecule has 0 fully saturated rings. The maximum atomic E-state index is 12.3. The van der Waals surface area contributed by atoms with Crippen LogP contribution in [-0.2, 0) is 6.54 Å². The molecule has 0 unspecified atom stereocenters. The number of rotatable bonds is 3. The zero-order valence-corrected chi connectivity index (χ0v) is 14.6. The van der Waals surface area contributed by atoms with Crippen LogP contribution >= 0.6 is 24.0 Å². The molecule has 0 aromatic heterocycles. The van der Waals surface area contributed by atoms with Crippen LogP contribution in [0.2, 0.25) is 0 Å². The molecule has 0 amide bonds. The van der Waals surface area contributed by atoms with Crippen LogP contribution in [0.1, 0.15) is 5.56 Å². The lowest BCUT2D eigenvalue weighted by atomic mass is 10.2. The first-order chi connectivity index (χ1) is 9.20. The van der Waals surface area contributed by atoms with Crippen LogP contribution in [0.4, 0.5) is 13.2 Å². The predicted molar refractivity (Wildman–Crippen MR) is 87.1 cm³/mol. The number of para-hydroxylation sites is 1. The largest absolute Gasteiger partial charge is 0.573 e. The lowest BCUT2D eigenvalue weighted by Gasteiger charge is -2.22. The summed E-state index contributed by atoms with van der Waals surface area (Å²) in [5.41, 5.74) is 0.381. The average Bonchev–Trinajstić information content (AvgIpc) is 2.28. The third-order valence-corrected chi connectivity index (χ3v) is 2.39. The normalized spacial score (nSPS) is 10.4. The van der Waals surface area contributed by atoms with E-state index in [0.717, 1.165) is 0 Å². The fourth-order valence-electron chi connectivity index (χ4n) is 1.70. The number of nitrogens with zero attached hydrogens (tertiary/aromatic N) is 3. The zero-order chi connectivity index (χ0) is 15.3. The smallest absolute Gasteiger partial charge is 0.405 e. The Kier molecular flexibility index (Phi) is 7.83. The number of alkyl halides is 3. The molecule has 21 heavy (non-hydrogen) atoms. The molecule has 0 spiro atoms. The maximum absolute atomic E-state index is 12.3. The van der Waals surface area contributed by atoms with E-state index in [-0.39, 0.29) is 36.3 Å². The van der Waals surface area contributed by atoms with Gasteiger partial charge in [0.05, 0.1) is 6.54 Å². The summed E-state index contributed by atoms with van der Waals surface area (Å²) in [6.07, 6.45) is -4.70. The Labute approximate surface area is 139 Å². The first-order valence-corrected chi connectivity index (χ1v) is 5.93. The van der Waals surface area contributed by atoms with Crippen LogP contribution in [-0.4, -0.2) is 50.3 Å². The van der Waals surface area contributed by atoms with Gasteiger partial charge in [0.15, 0.2) is 5.96 Å². The van der Waals surface area contributed by atoms with E-state index in [1.165, 1.54) is 12.1 Å². The predicted octanol–water partition coefficient (Wildman–Crippen LogP) is 3.18. The van der Waals surface area contributed by atoms with Crippen molar-refractivity contribution in [3.63, 3.8) is 0 Å². The first kappa shape index (κ1) is 19.8. The van der Waals surface area contributed by atoms with Crippen LogP contribution in [0.5, 0.6) is 5.75 Å². The fourth-order valence-corrected chi connectivity index (χ4v) is 1.70. The van der Waals surface area contributed by atoms with Crippen molar-refractivity contribution in [1.29, 1.82) is 0 Å². The summed E-state index contributed by atoms with van der Waals surface area (Å²) in [5, 5.41) is 0. The molecular formula is C13H19F3IN3O. The number of aliphatic imine (C=N–C) groups is 1. The highest BCUT2D eigenvalue weighted by molar-refractivity contribution is 14.0. The van der Waals surface area contributed by atoms with Crippen molar-refractivity contribution in [2.75, 3.05) is 28.2 Å². The zero-order valence-electron chi connectivity index (χ0n) is 12.3. The second-order valence-electron chi connectivity index (χ2n) is 4.56. The molecule has 4 nitrogen and oxygen atoms in total. The van der Waals surface area contributed by atoms with Gasteiger partial charge in [0.25, 0.3) is 0 Å². The van der Waals surface area contributed by atoms with Crippen molar-refractivity contribution in [3.05, 3.63) is 29.8 Å². The van der Waals surface area contributed by atoms with E-state index < -0.39 is 6.36 Å². The lowest BCUT2D eigenvalue weighted by Crippen LogP contribution is -2.35. The second-order valence-corrected chi connectivity index (χ2v) is 4.56. The number of guanidine groups is 1. The third-order valence-electron chi connectivity index (χ3n) is 2.39. The molecule has 0 aliphatic carbocycles. The van der Waals surface area contributed by atoms with Crippen molar-refractivity contribution < 1.29 is 17.9 Å². The molecule has 1 rings (SSSR count). The Morgan fingerprint density at radius 3 is 2.10 bits per heavy atom. The minimum absolute atomic E-state index is 0. The minimum atomic E-state index is -4.70. The summed E-state index contributed by atoms with van der Waals surface area (Å²) in [6.45, 7) is 0.109. The van der Waals surface area contributed by atoms with Gasteiger partial charge >= 0.3 is 6.36 Å². The van der Waals surface area contributed by atoms with Gasteiger partial charge in [-0.15, -0.1) is 37.1 Å². The van der Waals surface area contributed by atoms with Crippen LogP contribution in [0.3, 0.4) is 0 Å². The van der Waals surface area contributed by atoms with Crippen molar-refractivity contribution >= 4 is 29.9 Å². The van der Waals surface area contributed by atoms with Crippen molar-refractivity contribution in [2.45, 2.75) is 12.9 Å². The lowest BCUT2D eigenvalue weighted by molar-refractivity contribution is -0.274. The minimum Gasteiger partial charge on any atom is -0.405 e. The molecule has 0 heterocycles. The van der Waals surface area contributed by atoms with Gasteiger partial charge in [0.2, 0.25) is 0 Å². The van der Waals surface area contributed by atoms with E-state index in [9.17, 15) is 13.2 Å². The van der Waals surface area contributed by atoms with Gasteiger partial charge in [-0.25, -0.2) is 4.99 Å². The molecule has 1 aromatic carbocycles. The quantitative estimate of drug-likeness (QED) is 0.430. The highest BCUT2D eigenvalue weighted by Crippen LogP contribution is 2.26. The van der Waals surface area contributed by atoms with Crippen LogP contribution < -0.4 is 4.74 Å². The molecule has 0 aliphatic rings. The topological polar surface area (TPSA) is 28.1 Å². The van der Waals surface area contributed by atoms with E-state index in [4.69, 9.17) is 0 Å². The van der Waals surface area contributed by atoms with E-state index >= 15 is 0 Å². The SMILES string of the molecule is CN(C)C(=NCc1ccccc1OC(F)(F)F)N(C)C.I. The summed E-state index contributed by atoms with van der Waals surface area (Å²) < 4.78 is 40.9. The summed E-state index contributed by atoms with van der Waals surface area (Å²) in [7, 11) is 7.27. The van der Waals surface area contributed by atoms with E-state index in [1.807, 2.05) is 28.2 Å². The van der Waals surface area contributed by atoms with E-state index in [0.29, 0.717) is 11.5 Å². The first-order valence-electron chi connectivity index (χ1n) is 5.93. The summed E-state index contributed by atoms with van der Waals surface area (Å²) in [4.78, 5) is 7.87. The third kappa shape index (κ3) is 6.87. The Balaban J connectivity index is 0.00000400. The summed E-state index contributed by atoms with van der Waals surface area (Å²) >= 11 is 0. The van der Waals surface area contributed by atoms with E-state index in [2.05, 4.69) is 9.73 Å². The fraction of sp³-hybridized carbons (Fsp3) is 0.462. The van der Waals surface area contributed by atoms with Gasteiger partial charge in [-0.3, -0.25) is 0 Å². The number of hydrogen-bond donors (Lipinski definition) is 0. The Morgan fingerprint density at radius 1 is 1.10 bits per heavy atom. The Morgan fingerprint density at radius 2 is 1.62 bits per heavy atom. The molecule has 8 heteroatoms.